The second-order valence-corrected chi connectivity index (χ2v) is 8.61. The van der Waals surface area contributed by atoms with Gasteiger partial charge in [0.25, 0.3) is 5.91 Å². The number of ether oxygens (including phenoxy) is 3. The molecule has 0 unspecified atom stereocenters. The number of carbonyl (C=O) groups is 3. The SMILES string of the molecule is COc1ccc(-c2nc(COC(=O)CNC(=O)c3ccc(N4CCCC4=O)cc3)cs2)cc1OC. The number of nitrogens with one attached hydrogen (secondary N) is 1. The smallest absolute Gasteiger partial charge is 0.325 e. The number of thiazole rings is 1. The Bertz CT molecular complexity index is 1220. The highest BCUT2D eigenvalue weighted by Crippen LogP contribution is 2.33. The van der Waals surface area contributed by atoms with Gasteiger partial charge in [-0.3, -0.25) is 14.4 Å². The van der Waals surface area contributed by atoms with Crippen LogP contribution in [0.5, 0.6) is 11.5 Å². The van der Waals surface area contributed by atoms with Gasteiger partial charge in [0, 0.05) is 35.2 Å². The third-order valence-electron chi connectivity index (χ3n) is 5.47. The number of benzene rings is 2. The first-order valence-electron chi connectivity index (χ1n) is 11.0. The van der Waals surface area contributed by atoms with Crippen LogP contribution in [0.4, 0.5) is 5.69 Å². The van der Waals surface area contributed by atoms with E-state index < -0.39 is 11.9 Å². The van der Waals surface area contributed by atoms with E-state index in [-0.39, 0.29) is 19.1 Å². The molecule has 1 aliphatic rings. The molecule has 0 aliphatic carbocycles. The maximum absolute atomic E-state index is 12.3. The Kier molecular flexibility index (Phi) is 7.61. The molecule has 2 heterocycles. The molecule has 1 aromatic heterocycles. The first-order valence-corrected chi connectivity index (χ1v) is 11.9. The highest BCUT2D eigenvalue weighted by Gasteiger charge is 2.21. The zero-order valence-corrected chi connectivity index (χ0v) is 20.2. The minimum Gasteiger partial charge on any atom is -0.493 e. The molecule has 1 aliphatic heterocycles. The number of hydrogen-bond donors (Lipinski definition) is 1. The summed E-state index contributed by atoms with van der Waals surface area (Å²) in [6.07, 6.45) is 1.38. The molecule has 1 N–H and O–H groups in total. The first kappa shape index (κ1) is 24.2. The number of esters is 1. The molecule has 2 aromatic carbocycles. The molecule has 0 bridgehead atoms. The van der Waals surface area contributed by atoms with E-state index in [2.05, 4.69) is 10.3 Å². The van der Waals surface area contributed by atoms with Crippen molar-refractivity contribution in [1.29, 1.82) is 0 Å². The summed E-state index contributed by atoms with van der Waals surface area (Å²) in [5.41, 5.74) is 2.62. The Balaban J connectivity index is 1.26. The van der Waals surface area contributed by atoms with Gasteiger partial charge >= 0.3 is 5.97 Å². The van der Waals surface area contributed by atoms with Crippen molar-refractivity contribution in [2.24, 2.45) is 0 Å². The van der Waals surface area contributed by atoms with Crippen LogP contribution >= 0.6 is 11.3 Å². The third-order valence-corrected chi connectivity index (χ3v) is 6.41. The highest BCUT2D eigenvalue weighted by atomic mass is 32.1. The van der Waals surface area contributed by atoms with Crippen molar-refractivity contribution < 1.29 is 28.6 Å². The second-order valence-electron chi connectivity index (χ2n) is 7.75. The minimum absolute atomic E-state index is 0.00292. The van der Waals surface area contributed by atoms with Crippen LogP contribution in [0.2, 0.25) is 0 Å². The van der Waals surface area contributed by atoms with E-state index in [1.165, 1.54) is 11.3 Å². The molecule has 0 saturated carbocycles. The number of methoxy groups -OCH3 is 2. The second kappa shape index (κ2) is 11.0. The summed E-state index contributed by atoms with van der Waals surface area (Å²) in [4.78, 5) is 42.5. The molecule has 182 valence electrons. The summed E-state index contributed by atoms with van der Waals surface area (Å²) >= 11 is 1.42. The van der Waals surface area contributed by atoms with Gasteiger partial charge in [0.15, 0.2) is 11.5 Å². The van der Waals surface area contributed by atoms with Crippen molar-refractivity contribution >= 4 is 34.8 Å². The lowest BCUT2D eigenvalue weighted by Crippen LogP contribution is -2.30. The molecule has 1 fully saturated rings. The third kappa shape index (κ3) is 5.78. The molecular weight excluding hydrogens is 470 g/mol. The largest absolute Gasteiger partial charge is 0.493 e. The molecule has 10 heteroatoms. The van der Waals surface area contributed by atoms with E-state index in [9.17, 15) is 14.4 Å². The highest BCUT2D eigenvalue weighted by molar-refractivity contribution is 7.13. The summed E-state index contributed by atoms with van der Waals surface area (Å²) in [5.74, 6) is 0.342. The molecule has 0 radical (unpaired) electrons. The van der Waals surface area contributed by atoms with Gasteiger partial charge in [0.2, 0.25) is 5.91 Å². The van der Waals surface area contributed by atoms with Crippen molar-refractivity contribution in [2.45, 2.75) is 19.4 Å². The van der Waals surface area contributed by atoms with Crippen LogP contribution in [0.25, 0.3) is 10.6 Å². The van der Waals surface area contributed by atoms with Crippen molar-refractivity contribution in [3.8, 4) is 22.1 Å². The van der Waals surface area contributed by atoms with Crippen LogP contribution in [0.1, 0.15) is 28.9 Å². The number of anilines is 1. The van der Waals surface area contributed by atoms with E-state index in [0.29, 0.717) is 35.7 Å². The van der Waals surface area contributed by atoms with Crippen LogP contribution in [0.15, 0.2) is 47.8 Å². The topological polar surface area (TPSA) is 107 Å². The first-order chi connectivity index (χ1) is 17.0. The average Bonchev–Trinajstić information content (AvgIpc) is 3.54. The number of amides is 2. The van der Waals surface area contributed by atoms with Crippen LogP contribution in [-0.4, -0.2) is 50.1 Å². The normalized spacial score (nSPS) is 13.0. The summed E-state index contributed by atoms with van der Waals surface area (Å²) in [6.45, 7) is 0.417. The zero-order chi connectivity index (χ0) is 24.8. The Morgan fingerprint density at radius 3 is 2.54 bits per heavy atom. The van der Waals surface area contributed by atoms with Gasteiger partial charge in [0.05, 0.1) is 19.9 Å². The molecule has 35 heavy (non-hydrogen) atoms. The minimum atomic E-state index is -0.571. The van der Waals surface area contributed by atoms with E-state index in [0.717, 1.165) is 22.7 Å². The lowest BCUT2D eigenvalue weighted by Gasteiger charge is -2.15. The van der Waals surface area contributed by atoms with E-state index in [4.69, 9.17) is 14.2 Å². The van der Waals surface area contributed by atoms with Crippen molar-refractivity contribution in [2.75, 3.05) is 32.2 Å². The molecule has 9 nitrogen and oxygen atoms in total. The molecule has 4 rings (SSSR count). The molecule has 0 atom stereocenters. The quantitative estimate of drug-likeness (QED) is 0.453. The van der Waals surface area contributed by atoms with Crippen molar-refractivity contribution in [1.82, 2.24) is 10.3 Å². The van der Waals surface area contributed by atoms with Gasteiger partial charge in [-0.1, -0.05) is 0 Å². The lowest BCUT2D eigenvalue weighted by molar-refractivity contribution is -0.143. The Morgan fingerprint density at radius 1 is 1.09 bits per heavy atom. The number of nitrogens with zero attached hydrogens (tertiary/aromatic N) is 2. The van der Waals surface area contributed by atoms with Gasteiger partial charge in [-0.2, -0.15) is 0 Å². The summed E-state index contributed by atoms with van der Waals surface area (Å²) in [5, 5.41) is 5.11. The fraction of sp³-hybridized carbons (Fsp3) is 0.280. The molecule has 2 amide bonds. The van der Waals surface area contributed by atoms with Gasteiger partial charge in [-0.25, -0.2) is 4.98 Å². The summed E-state index contributed by atoms with van der Waals surface area (Å²) in [6, 6.07) is 12.2. The average molecular weight is 496 g/mol. The molecule has 0 spiro atoms. The fourth-order valence-corrected chi connectivity index (χ4v) is 4.45. The van der Waals surface area contributed by atoms with Gasteiger partial charge in [0.1, 0.15) is 18.2 Å². The number of rotatable bonds is 9. The summed E-state index contributed by atoms with van der Waals surface area (Å²) < 4.78 is 15.8. The monoisotopic (exact) mass is 495 g/mol. The van der Waals surface area contributed by atoms with E-state index in [1.807, 2.05) is 17.5 Å². The fourth-order valence-electron chi connectivity index (χ4n) is 3.65. The van der Waals surface area contributed by atoms with Gasteiger partial charge in [-0.05, 0) is 48.9 Å². The number of carbonyl (C=O) groups excluding carboxylic acids is 3. The Hall–Kier alpha value is -3.92. The Labute approximate surface area is 206 Å². The lowest BCUT2D eigenvalue weighted by atomic mass is 10.2. The predicted octanol–water partition coefficient (Wildman–Crippen LogP) is 3.43. The van der Waals surface area contributed by atoms with E-state index >= 15 is 0 Å². The standard InChI is InChI=1S/C25H25N3O6S/c1-32-20-10-7-17(12-21(20)33-2)25-27-18(15-35-25)14-34-23(30)13-26-24(31)16-5-8-19(9-6-16)28-11-3-4-22(28)29/h5-10,12,15H,3-4,11,13-14H2,1-2H3,(H,26,31). The maximum Gasteiger partial charge on any atom is 0.325 e. The van der Waals surface area contributed by atoms with Crippen LogP contribution in [0.3, 0.4) is 0 Å². The number of hydrogen-bond acceptors (Lipinski definition) is 8. The molecular formula is C25H25N3O6S. The van der Waals surface area contributed by atoms with Crippen LogP contribution in [-0.2, 0) is 20.9 Å². The van der Waals surface area contributed by atoms with Crippen molar-refractivity contribution in [3.63, 3.8) is 0 Å². The van der Waals surface area contributed by atoms with Crippen LogP contribution < -0.4 is 19.7 Å². The molecule has 1 saturated heterocycles. The van der Waals surface area contributed by atoms with Crippen LogP contribution in [0, 0.1) is 0 Å². The number of aromatic nitrogens is 1. The summed E-state index contributed by atoms with van der Waals surface area (Å²) in [7, 11) is 3.14. The maximum atomic E-state index is 12.3. The zero-order valence-electron chi connectivity index (χ0n) is 19.4. The van der Waals surface area contributed by atoms with Gasteiger partial charge in [-0.15, -0.1) is 11.3 Å². The van der Waals surface area contributed by atoms with Crippen molar-refractivity contribution in [3.05, 3.63) is 59.1 Å². The van der Waals surface area contributed by atoms with Gasteiger partial charge < -0.3 is 24.4 Å². The predicted molar refractivity (Wildman–Crippen MR) is 131 cm³/mol. The van der Waals surface area contributed by atoms with E-state index in [1.54, 1.807) is 49.5 Å². The Morgan fingerprint density at radius 2 is 1.86 bits per heavy atom. The molecule has 3 aromatic rings.